The average Bonchev–Trinajstić information content (AvgIpc) is 3.34. The van der Waals surface area contributed by atoms with Crippen molar-refractivity contribution in [3.8, 4) is 0 Å². The van der Waals surface area contributed by atoms with Crippen LogP contribution in [0.25, 0.3) is 22.6 Å². The second-order valence-electron chi connectivity index (χ2n) is 8.40. The van der Waals surface area contributed by atoms with Gasteiger partial charge in [-0.1, -0.05) is 24.6 Å². The first-order chi connectivity index (χ1) is 15.2. The first kappa shape index (κ1) is 19.8. The third-order valence-electron chi connectivity index (χ3n) is 6.24. The zero-order valence-corrected chi connectivity index (χ0v) is 17.5. The molecular weight excluding hydrogens is 388 g/mol. The van der Waals surface area contributed by atoms with E-state index < -0.39 is 6.23 Å². The van der Waals surface area contributed by atoms with E-state index in [2.05, 4.69) is 26.6 Å². The van der Waals surface area contributed by atoms with E-state index in [1.54, 1.807) is 0 Å². The number of carbonyl (C=O) groups excluding carboxylic acids is 1. The number of nitrogens with zero attached hydrogens (tertiary/aromatic N) is 1. The van der Waals surface area contributed by atoms with Gasteiger partial charge in [-0.2, -0.15) is 0 Å². The number of aliphatic hydroxyl groups is 1. The van der Waals surface area contributed by atoms with Gasteiger partial charge in [0, 0.05) is 58.1 Å². The number of aliphatic hydroxyl groups excluding tert-OH is 1. The van der Waals surface area contributed by atoms with Crippen molar-refractivity contribution in [3.63, 3.8) is 0 Å². The molecule has 1 amide bonds. The zero-order valence-electron chi connectivity index (χ0n) is 17.5. The molecule has 6 heteroatoms. The molecular formula is C25H28N4O2. The van der Waals surface area contributed by atoms with Gasteiger partial charge in [0.05, 0.1) is 0 Å². The molecule has 0 bridgehead atoms. The highest BCUT2D eigenvalue weighted by molar-refractivity contribution is 6.01. The number of nitrogens with one attached hydrogen (secondary N) is 3. The van der Waals surface area contributed by atoms with Crippen LogP contribution in [0.15, 0.2) is 48.7 Å². The number of fused-ring (bicyclic) bond motifs is 2. The molecule has 5 rings (SSSR count). The fourth-order valence-corrected chi connectivity index (χ4v) is 4.56. The molecule has 3 heterocycles. The topological polar surface area (TPSA) is 80.4 Å². The number of anilines is 2. The Hall–Kier alpha value is -3.09. The smallest absolute Gasteiger partial charge is 0.225 e. The van der Waals surface area contributed by atoms with E-state index in [0.717, 1.165) is 58.6 Å². The van der Waals surface area contributed by atoms with E-state index in [4.69, 9.17) is 0 Å². The predicted molar refractivity (Wildman–Crippen MR) is 126 cm³/mol. The van der Waals surface area contributed by atoms with E-state index in [-0.39, 0.29) is 5.91 Å². The van der Waals surface area contributed by atoms with Crippen molar-refractivity contribution in [2.45, 2.75) is 31.9 Å². The van der Waals surface area contributed by atoms with Crippen LogP contribution in [-0.4, -0.2) is 46.8 Å². The van der Waals surface area contributed by atoms with Gasteiger partial charge in [0.25, 0.3) is 0 Å². The molecule has 31 heavy (non-hydrogen) atoms. The SMILES string of the molecule is O=C(CCN1CCCCC1)Nc1ccc2c(c1)C(=Cc1c[nH]c3ccccc13)C(O)N2. The molecule has 1 fully saturated rings. The lowest BCUT2D eigenvalue weighted by molar-refractivity contribution is -0.116. The van der Waals surface area contributed by atoms with Crippen LogP contribution in [0, 0.1) is 0 Å². The van der Waals surface area contributed by atoms with Gasteiger partial charge in [0.1, 0.15) is 0 Å². The molecule has 3 aromatic rings. The van der Waals surface area contributed by atoms with Crippen molar-refractivity contribution in [1.29, 1.82) is 0 Å². The fraction of sp³-hybridized carbons (Fsp3) is 0.320. The minimum absolute atomic E-state index is 0.0270. The fourth-order valence-electron chi connectivity index (χ4n) is 4.56. The summed E-state index contributed by atoms with van der Waals surface area (Å²) in [5, 5.41) is 17.9. The second kappa shape index (κ2) is 8.57. The summed E-state index contributed by atoms with van der Waals surface area (Å²) in [4.78, 5) is 18.1. The van der Waals surface area contributed by atoms with E-state index >= 15 is 0 Å². The summed E-state index contributed by atoms with van der Waals surface area (Å²) in [6.45, 7) is 3.00. The van der Waals surface area contributed by atoms with Crippen molar-refractivity contribution in [2.24, 2.45) is 0 Å². The number of rotatable bonds is 5. The molecule has 2 aromatic carbocycles. The summed E-state index contributed by atoms with van der Waals surface area (Å²) in [6, 6.07) is 13.8. The summed E-state index contributed by atoms with van der Waals surface area (Å²) in [7, 11) is 0. The van der Waals surface area contributed by atoms with Crippen molar-refractivity contribution < 1.29 is 9.90 Å². The Kier molecular flexibility index (Phi) is 5.49. The first-order valence-electron chi connectivity index (χ1n) is 11.1. The standard InChI is InChI=1S/C25H28N4O2/c30-24(10-13-29-11-4-1-5-12-29)27-18-8-9-23-20(15-18)21(25(31)28-23)14-17-16-26-22-7-3-2-6-19(17)22/h2-3,6-9,14-16,25-26,28,31H,1,4-5,10-13H2,(H,27,30). The molecule has 0 saturated carbocycles. The number of hydrogen-bond donors (Lipinski definition) is 4. The molecule has 1 atom stereocenters. The maximum Gasteiger partial charge on any atom is 0.225 e. The molecule has 160 valence electrons. The first-order valence-corrected chi connectivity index (χ1v) is 11.1. The Morgan fingerprint density at radius 3 is 2.87 bits per heavy atom. The number of aromatic amines is 1. The van der Waals surface area contributed by atoms with Gasteiger partial charge >= 0.3 is 0 Å². The van der Waals surface area contributed by atoms with Crippen LogP contribution in [0.3, 0.4) is 0 Å². The molecule has 0 aliphatic carbocycles. The molecule has 1 unspecified atom stereocenters. The average molecular weight is 417 g/mol. The van der Waals surface area contributed by atoms with Crippen LogP contribution in [0.5, 0.6) is 0 Å². The molecule has 2 aliphatic heterocycles. The van der Waals surface area contributed by atoms with Crippen molar-refractivity contribution in [3.05, 3.63) is 59.8 Å². The molecule has 6 nitrogen and oxygen atoms in total. The lowest BCUT2D eigenvalue weighted by Crippen LogP contribution is -2.32. The summed E-state index contributed by atoms with van der Waals surface area (Å²) in [5.74, 6) is 0.0270. The quantitative estimate of drug-likeness (QED) is 0.501. The lowest BCUT2D eigenvalue weighted by Gasteiger charge is -2.25. The minimum Gasteiger partial charge on any atom is -0.369 e. The van der Waals surface area contributed by atoms with Crippen LogP contribution in [0.4, 0.5) is 11.4 Å². The normalized spacial score (nSPS) is 20.0. The number of piperidine rings is 1. The van der Waals surface area contributed by atoms with E-state index in [1.807, 2.05) is 48.7 Å². The second-order valence-corrected chi connectivity index (χ2v) is 8.40. The number of para-hydroxylation sites is 1. The number of amides is 1. The largest absolute Gasteiger partial charge is 0.369 e. The van der Waals surface area contributed by atoms with Crippen LogP contribution in [0.1, 0.15) is 36.8 Å². The summed E-state index contributed by atoms with van der Waals surface area (Å²) in [5.41, 5.74) is 5.41. The number of benzene rings is 2. The maximum absolute atomic E-state index is 12.5. The molecule has 2 aliphatic rings. The highest BCUT2D eigenvalue weighted by atomic mass is 16.3. The molecule has 0 spiro atoms. The van der Waals surface area contributed by atoms with Gasteiger partial charge < -0.3 is 25.6 Å². The summed E-state index contributed by atoms with van der Waals surface area (Å²) < 4.78 is 0. The van der Waals surface area contributed by atoms with Gasteiger partial charge in [-0.05, 0) is 56.3 Å². The maximum atomic E-state index is 12.5. The van der Waals surface area contributed by atoms with E-state index in [9.17, 15) is 9.90 Å². The molecule has 1 saturated heterocycles. The summed E-state index contributed by atoms with van der Waals surface area (Å²) in [6.07, 6.45) is 7.43. The van der Waals surface area contributed by atoms with Crippen LogP contribution in [0.2, 0.25) is 0 Å². The predicted octanol–water partition coefficient (Wildman–Crippen LogP) is 4.27. The lowest BCUT2D eigenvalue weighted by atomic mass is 10.0. The van der Waals surface area contributed by atoms with Crippen molar-refractivity contribution >= 4 is 39.8 Å². The zero-order chi connectivity index (χ0) is 21.2. The Bertz CT molecular complexity index is 1130. The Labute approximate surface area is 182 Å². The highest BCUT2D eigenvalue weighted by Gasteiger charge is 2.25. The van der Waals surface area contributed by atoms with Gasteiger partial charge in [0.2, 0.25) is 5.91 Å². The van der Waals surface area contributed by atoms with E-state index in [1.165, 1.54) is 19.3 Å². The van der Waals surface area contributed by atoms with E-state index in [0.29, 0.717) is 6.42 Å². The van der Waals surface area contributed by atoms with Gasteiger partial charge in [-0.15, -0.1) is 0 Å². The number of H-pyrrole nitrogens is 1. The minimum atomic E-state index is -0.784. The Morgan fingerprint density at radius 1 is 1.16 bits per heavy atom. The molecule has 0 radical (unpaired) electrons. The van der Waals surface area contributed by atoms with Crippen LogP contribution >= 0.6 is 0 Å². The third-order valence-corrected chi connectivity index (χ3v) is 6.24. The monoisotopic (exact) mass is 416 g/mol. The molecule has 4 N–H and O–H groups in total. The third kappa shape index (κ3) is 4.22. The van der Waals surface area contributed by atoms with Gasteiger partial charge in [0.15, 0.2) is 6.23 Å². The van der Waals surface area contributed by atoms with Crippen LogP contribution in [-0.2, 0) is 4.79 Å². The number of aromatic nitrogens is 1. The summed E-state index contributed by atoms with van der Waals surface area (Å²) >= 11 is 0. The number of carbonyl (C=O) groups is 1. The molecule has 1 aromatic heterocycles. The van der Waals surface area contributed by atoms with Crippen LogP contribution < -0.4 is 10.6 Å². The van der Waals surface area contributed by atoms with Crippen molar-refractivity contribution in [2.75, 3.05) is 30.3 Å². The number of hydrogen-bond acceptors (Lipinski definition) is 4. The van der Waals surface area contributed by atoms with Crippen molar-refractivity contribution in [1.82, 2.24) is 9.88 Å². The van der Waals surface area contributed by atoms with Gasteiger partial charge in [-0.25, -0.2) is 0 Å². The van der Waals surface area contributed by atoms with Gasteiger partial charge in [-0.3, -0.25) is 4.79 Å². The Morgan fingerprint density at radius 2 is 2.00 bits per heavy atom. The highest BCUT2D eigenvalue weighted by Crippen LogP contribution is 2.38. The Balaban J connectivity index is 1.33. The number of likely N-dealkylation sites (tertiary alicyclic amines) is 1.